The van der Waals surface area contributed by atoms with E-state index in [0.717, 1.165) is 21.4 Å². The van der Waals surface area contributed by atoms with Gasteiger partial charge in [-0.25, -0.2) is 4.98 Å². The molecule has 0 amide bonds. The van der Waals surface area contributed by atoms with Crippen LogP contribution in [0.1, 0.15) is 5.76 Å². The van der Waals surface area contributed by atoms with Crippen molar-refractivity contribution in [1.29, 1.82) is 15.8 Å². The number of rotatable bonds is 5. The van der Waals surface area contributed by atoms with Gasteiger partial charge in [-0.15, -0.1) is 0 Å². The Labute approximate surface area is 182 Å². The fourth-order valence-electron chi connectivity index (χ4n) is 2.98. The highest BCUT2D eigenvalue weighted by Gasteiger charge is 2.19. The van der Waals surface area contributed by atoms with Gasteiger partial charge in [-0.3, -0.25) is 4.90 Å². The number of benzene rings is 2. The van der Waals surface area contributed by atoms with Crippen LogP contribution in [0.2, 0.25) is 0 Å². The number of furan rings is 1. The molecule has 2 aromatic heterocycles. The van der Waals surface area contributed by atoms with Crippen LogP contribution in [-0.4, -0.2) is 4.98 Å². The minimum Gasteiger partial charge on any atom is -0.454 e. The fourth-order valence-corrected chi connectivity index (χ4v) is 3.90. The van der Waals surface area contributed by atoms with Gasteiger partial charge in [-0.05, 0) is 36.4 Å². The van der Waals surface area contributed by atoms with Gasteiger partial charge in [0.1, 0.15) is 35.3 Å². The lowest BCUT2D eigenvalue weighted by molar-refractivity contribution is 0.570. The van der Waals surface area contributed by atoms with Crippen molar-refractivity contribution >= 4 is 33.4 Å². The van der Waals surface area contributed by atoms with Crippen LogP contribution in [0.4, 0.5) is 16.5 Å². The maximum atomic E-state index is 9.33. The molecular formula is C24H13N5OS. The van der Waals surface area contributed by atoms with E-state index < -0.39 is 0 Å². The number of aromatic nitrogens is 1. The van der Waals surface area contributed by atoms with Gasteiger partial charge in [-0.2, -0.15) is 15.8 Å². The van der Waals surface area contributed by atoms with Gasteiger partial charge < -0.3 is 4.42 Å². The Morgan fingerprint density at radius 3 is 1.97 bits per heavy atom. The van der Waals surface area contributed by atoms with E-state index in [4.69, 9.17) is 14.9 Å². The van der Waals surface area contributed by atoms with Gasteiger partial charge in [0.15, 0.2) is 10.7 Å². The van der Waals surface area contributed by atoms with E-state index in [9.17, 15) is 5.26 Å². The Hall–Kier alpha value is -4.64. The highest BCUT2D eigenvalue weighted by Crippen LogP contribution is 2.40. The second-order valence-electron chi connectivity index (χ2n) is 6.26. The molecule has 2 heterocycles. The van der Waals surface area contributed by atoms with E-state index in [-0.39, 0.29) is 16.9 Å². The quantitative estimate of drug-likeness (QED) is 0.357. The van der Waals surface area contributed by atoms with E-state index in [1.54, 1.807) is 30.5 Å². The predicted molar refractivity (Wildman–Crippen MR) is 118 cm³/mol. The molecule has 4 aromatic rings. The maximum Gasteiger partial charge on any atom is 0.195 e. The minimum absolute atomic E-state index is 0.0869. The Morgan fingerprint density at radius 2 is 1.42 bits per heavy atom. The van der Waals surface area contributed by atoms with Crippen molar-refractivity contribution in [2.75, 3.05) is 4.90 Å². The first-order valence-corrected chi connectivity index (χ1v) is 9.98. The van der Waals surface area contributed by atoms with Gasteiger partial charge in [0.05, 0.1) is 11.1 Å². The summed E-state index contributed by atoms with van der Waals surface area (Å²) in [5.74, 6) is 0.677. The summed E-state index contributed by atoms with van der Waals surface area (Å²) in [6.45, 7) is 0. The lowest BCUT2D eigenvalue weighted by atomic mass is 10.1. The zero-order valence-electron chi connectivity index (χ0n) is 16.1. The summed E-state index contributed by atoms with van der Waals surface area (Å²) in [4.78, 5) is 7.39. The van der Waals surface area contributed by atoms with Crippen LogP contribution < -0.4 is 4.90 Å². The van der Waals surface area contributed by atoms with E-state index in [1.807, 2.05) is 71.6 Å². The molecule has 0 atom stereocenters. The number of nitrogens with zero attached hydrogens (tertiary/aromatic N) is 5. The SMILES string of the molecule is N#CC(C#N)=C(C#N)c1ccc(-c2cnc(N(c3ccccc3)c3ccccc3)s2)o1. The van der Waals surface area contributed by atoms with Crippen molar-refractivity contribution in [2.45, 2.75) is 0 Å². The zero-order chi connectivity index (χ0) is 21.6. The molecule has 0 saturated carbocycles. The third-order valence-corrected chi connectivity index (χ3v) is 5.39. The van der Waals surface area contributed by atoms with Gasteiger partial charge in [-0.1, -0.05) is 47.7 Å². The Kier molecular flexibility index (Phi) is 5.58. The van der Waals surface area contributed by atoms with Crippen LogP contribution in [0, 0.1) is 34.0 Å². The molecular weight excluding hydrogens is 406 g/mol. The summed E-state index contributed by atoms with van der Waals surface area (Å²) in [6, 6.07) is 28.4. The summed E-state index contributed by atoms with van der Waals surface area (Å²) in [6.07, 6.45) is 1.70. The third-order valence-electron chi connectivity index (χ3n) is 4.39. The topological polar surface area (TPSA) is 101 Å². The van der Waals surface area contributed by atoms with Crippen LogP contribution >= 0.6 is 11.3 Å². The third kappa shape index (κ3) is 3.93. The molecule has 0 aliphatic carbocycles. The molecule has 0 saturated heterocycles. The molecule has 0 N–H and O–H groups in total. The smallest absolute Gasteiger partial charge is 0.195 e. The number of hydrogen-bond acceptors (Lipinski definition) is 7. The summed E-state index contributed by atoms with van der Waals surface area (Å²) in [7, 11) is 0. The summed E-state index contributed by atoms with van der Waals surface area (Å²) in [5.41, 5.74) is 1.57. The Morgan fingerprint density at radius 1 is 0.806 bits per heavy atom. The summed E-state index contributed by atoms with van der Waals surface area (Å²) < 4.78 is 5.78. The first-order chi connectivity index (χ1) is 15.2. The first-order valence-electron chi connectivity index (χ1n) is 9.16. The number of hydrogen-bond donors (Lipinski definition) is 0. The number of para-hydroxylation sites is 2. The Balaban J connectivity index is 1.74. The zero-order valence-corrected chi connectivity index (χ0v) is 16.9. The molecule has 0 unspecified atom stereocenters. The van der Waals surface area contributed by atoms with Crippen LogP contribution in [0.25, 0.3) is 16.2 Å². The van der Waals surface area contributed by atoms with Crippen molar-refractivity contribution in [3.8, 4) is 28.8 Å². The standard InChI is InChI=1S/C24H13N5OS/c25-13-17(14-26)20(15-27)21-11-12-22(30-21)23-16-28-24(31-23)29(18-7-3-1-4-8-18)19-9-5-2-6-10-19/h1-12,16H. The lowest BCUT2D eigenvalue weighted by Crippen LogP contribution is -2.08. The molecule has 146 valence electrons. The summed E-state index contributed by atoms with van der Waals surface area (Å²) >= 11 is 1.43. The average Bonchev–Trinajstić information content (AvgIpc) is 3.49. The molecule has 4 rings (SSSR count). The maximum absolute atomic E-state index is 9.33. The molecule has 0 radical (unpaired) electrons. The predicted octanol–water partition coefficient (Wildman–Crippen LogP) is 6.20. The Bertz CT molecular complexity index is 1310. The second kappa shape index (κ2) is 8.80. The highest BCUT2D eigenvalue weighted by atomic mass is 32.1. The van der Waals surface area contributed by atoms with E-state index >= 15 is 0 Å². The largest absolute Gasteiger partial charge is 0.454 e. The number of nitriles is 3. The molecule has 6 nitrogen and oxygen atoms in total. The van der Waals surface area contributed by atoms with Gasteiger partial charge in [0.25, 0.3) is 0 Å². The van der Waals surface area contributed by atoms with E-state index in [1.165, 1.54) is 11.3 Å². The molecule has 0 spiro atoms. The molecule has 0 aliphatic heterocycles. The van der Waals surface area contributed by atoms with Crippen LogP contribution in [-0.2, 0) is 0 Å². The van der Waals surface area contributed by atoms with Gasteiger partial charge in [0, 0.05) is 11.4 Å². The minimum atomic E-state index is -0.285. The monoisotopic (exact) mass is 419 g/mol. The number of allylic oxidation sites excluding steroid dienone is 2. The van der Waals surface area contributed by atoms with Gasteiger partial charge in [0.2, 0.25) is 0 Å². The van der Waals surface area contributed by atoms with Crippen molar-refractivity contribution in [1.82, 2.24) is 4.98 Å². The van der Waals surface area contributed by atoms with Crippen LogP contribution in [0.3, 0.4) is 0 Å². The van der Waals surface area contributed by atoms with Crippen molar-refractivity contribution in [2.24, 2.45) is 0 Å². The van der Waals surface area contributed by atoms with Crippen molar-refractivity contribution in [3.05, 3.63) is 90.3 Å². The average molecular weight is 419 g/mol. The van der Waals surface area contributed by atoms with E-state index in [2.05, 4.69) is 4.98 Å². The fraction of sp³-hybridized carbons (Fsp3) is 0. The first kappa shape index (κ1) is 19.7. The van der Waals surface area contributed by atoms with Crippen LogP contribution in [0.5, 0.6) is 0 Å². The second-order valence-corrected chi connectivity index (χ2v) is 7.27. The van der Waals surface area contributed by atoms with Crippen molar-refractivity contribution < 1.29 is 4.42 Å². The molecule has 31 heavy (non-hydrogen) atoms. The normalized spacial score (nSPS) is 9.84. The molecule has 0 fully saturated rings. The highest BCUT2D eigenvalue weighted by molar-refractivity contribution is 7.19. The van der Waals surface area contributed by atoms with Crippen LogP contribution in [0.15, 0.2) is 89.0 Å². The molecule has 0 aliphatic rings. The number of thiazole rings is 1. The van der Waals surface area contributed by atoms with Crippen molar-refractivity contribution in [3.63, 3.8) is 0 Å². The van der Waals surface area contributed by atoms with Gasteiger partial charge >= 0.3 is 0 Å². The van der Waals surface area contributed by atoms with E-state index in [0.29, 0.717) is 5.76 Å². The summed E-state index contributed by atoms with van der Waals surface area (Å²) in [5, 5.41) is 28.2. The molecule has 7 heteroatoms. The lowest BCUT2D eigenvalue weighted by Gasteiger charge is -2.22. The molecule has 2 aromatic carbocycles. The molecule has 0 bridgehead atoms. The number of anilines is 3.